The van der Waals surface area contributed by atoms with Crippen LogP contribution in [0.1, 0.15) is 55.4 Å². The molecule has 2 amide bonds. The van der Waals surface area contributed by atoms with Gasteiger partial charge in [0.15, 0.2) is 0 Å². The number of alkyl halides is 1. The Morgan fingerprint density at radius 2 is 1.88 bits per heavy atom. The molecule has 0 aromatic heterocycles. The standard InChI is InChI=1S/C20H36BrN3O2/c1-9-22(10-2)14-17(15(3)4)24(26-20(6,7)8)19(25)23-16(5)12-11-13-18(23)21/h11-13,15,17-18H,9-10,14H2,1-8H3. The van der Waals surface area contributed by atoms with Crippen LogP contribution in [0.15, 0.2) is 23.9 Å². The zero-order chi connectivity index (χ0) is 20.1. The highest BCUT2D eigenvalue weighted by molar-refractivity contribution is 9.09. The minimum atomic E-state index is -0.461. The van der Waals surface area contributed by atoms with Crippen LogP contribution in [0.25, 0.3) is 0 Å². The normalized spacial score (nSPS) is 19.1. The van der Waals surface area contributed by atoms with Crippen LogP contribution in [0.4, 0.5) is 4.79 Å². The SMILES string of the molecule is CCN(CC)CC(C(C)C)N(OC(C)(C)C)C(=O)N1C(C)=CC=CC1Br. The zero-order valence-electron chi connectivity index (χ0n) is 17.6. The van der Waals surface area contributed by atoms with Crippen LogP contribution in [0.5, 0.6) is 0 Å². The first-order valence-corrected chi connectivity index (χ1v) is 10.5. The molecule has 26 heavy (non-hydrogen) atoms. The maximum atomic E-state index is 13.5. The summed E-state index contributed by atoms with van der Waals surface area (Å²) in [6.45, 7) is 19.1. The highest BCUT2D eigenvalue weighted by Gasteiger charge is 2.37. The molecule has 0 spiro atoms. The molecule has 0 aromatic carbocycles. The Hall–Kier alpha value is -0.850. The molecule has 0 saturated carbocycles. The van der Waals surface area contributed by atoms with Crippen molar-refractivity contribution in [3.63, 3.8) is 0 Å². The summed E-state index contributed by atoms with van der Waals surface area (Å²) in [6.07, 6.45) is 5.86. The van der Waals surface area contributed by atoms with Crippen molar-refractivity contribution in [3.8, 4) is 0 Å². The van der Waals surface area contributed by atoms with Crippen LogP contribution in [0.2, 0.25) is 0 Å². The molecule has 1 rings (SSSR count). The number of nitrogens with zero attached hydrogens (tertiary/aromatic N) is 3. The number of hydrogen-bond donors (Lipinski definition) is 0. The van der Waals surface area contributed by atoms with Gasteiger partial charge in [-0.05, 0) is 52.8 Å². The molecular weight excluding hydrogens is 394 g/mol. The van der Waals surface area contributed by atoms with Gasteiger partial charge in [-0.25, -0.2) is 4.79 Å². The lowest BCUT2D eigenvalue weighted by Gasteiger charge is -2.42. The largest absolute Gasteiger partial charge is 0.349 e. The maximum Gasteiger partial charge on any atom is 0.349 e. The minimum absolute atomic E-state index is 0.0416. The summed E-state index contributed by atoms with van der Waals surface area (Å²) >= 11 is 3.59. The van der Waals surface area contributed by atoms with Gasteiger partial charge in [-0.15, -0.1) is 0 Å². The summed E-state index contributed by atoms with van der Waals surface area (Å²) in [5.74, 6) is 0.264. The molecule has 0 saturated heterocycles. The number of urea groups is 1. The van der Waals surface area contributed by atoms with Gasteiger partial charge in [0, 0.05) is 12.2 Å². The van der Waals surface area contributed by atoms with Crippen molar-refractivity contribution in [2.24, 2.45) is 5.92 Å². The van der Waals surface area contributed by atoms with Crippen molar-refractivity contribution in [1.82, 2.24) is 14.9 Å². The Balaban J connectivity index is 3.21. The van der Waals surface area contributed by atoms with E-state index >= 15 is 0 Å². The highest BCUT2D eigenvalue weighted by Crippen LogP contribution is 2.27. The van der Waals surface area contributed by atoms with Crippen LogP contribution >= 0.6 is 15.9 Å². The minimum Gasteiger partial charge on any atom is -0.302 e. The molecule has 2 atom stereocenters. The quantitative estimate of drug-likeness (QED) is 0.324. The molecule has 1 heterocycles. The second-order valence-corrected chi connectivity index (χ2v) is 8.98. The monoisotopic (exact) mass is 429 g/mol. The molecular formula is C20H36BrN3O2. The zero-order valence-corrected chi connectivity index (χ0v) is 19.2. The lowest BCUT2D eigenvalue weighted by molar-refractivity contribution is -0.226. The van der Waals surface area contributed by atoms with Gasteiger partial charge in [0.1, 0.15) is 4.95 Å². The van der Waals surface area contributed by atoms with Gasteiger partial charge in [0.2, 0.25) is 0 Å². The number of allylic oxidation sites excluding steroid dienone is 3. The molecule has 2 unspecified atom stereocenters. The summed E-state index contributed by atoms with van der Waals surface area (Å²) in [5, 5.41) is 1.60. The molecule has 0 radical (unpaired) electrons. The second kappa shape index (κ2) is 9.90. The number of carbonyl (C=O) groups is 1. The fraction of sp³-hybridized carbons (Fsp3) is 0.750. The average Bonchev–Trinajstić information content (AvgIpc) is 2.52. The number of rotatable bonds is 7. The predicted octanol–water partition coefficient (Wildman–Crippen LogP) is 5.00. The van der Waals surface area contributed by atoms with Crippen LogP contribution in [0, 0.1) is 5.92 Å². The maximum absolute atomic E-state index is 13.5. The number of halogens is 1. The van der Waals surface area contributed by atoms with Gasteiger partial charge in [-0.3, -0.25) is 9.74 Å². The van der Waals surface area contributed by atoms with E-state index < -0.39 is 5.60 Å². The fourth-order valence-electron chi connectivity index (χ4n) is 2.86. The second-order valence-electron chi connectivity index (χ2n) is 8.04. The van der Waals surface area contributed by atoms with Crippen molar-refractivity contribution in [2.45, 2.75) is 72.0 Å². The van der Waals surface area contributed by atoms with Crippen molar-refractivity contribution in [2.75, 3.05) is 19.6 Å². The lowest BCUT2D eigenvalue weighted by Crippen LogP contribution is -2.56. The first-order valence-electron chi connectivity index (χ1n) is 9.54. The molecule has 6 heteroatoms. The molecule has 1 aliphatic heterocycles. The summed E-state index contributed by atoms with van der Waals surface area (Å²) in [7, 11) is 0. The van der Waals surface area contributed by atoms with E-state index in [4.69, 9.17) is 4.84 Å². The molecule has 1 aliphatic rings. The Morgan fingerprint density at radius 1 is 1.31 bits per heavy atom. The van der Waals surface area contributed by atoms with Gasteiger partial charge in [0.25, 0.3) is 0 Å². The van der Waals surface area contributed by atoms with E-state index in [1.807, 2.05) is 45.9 Å². The summed E-state index contributed by atoms with van der Waals surface area (Å²) < 4.78 is 0. The molecule has 0 bridgehead atoms. The number of carbonyl (C=O) groups excluding carboxylic acids is 1. The van der Waals surface area contributed by atoms with Gasteiger partial charge in [-0.1, -0.05) is 55.8 Å². The third-order valence-electron chi connectivity index (χ3n) is 4.41. The molecule has 5 nitrogen and oxygen atoms in total. The highest BCUT2D eigenvalue weighted by atomic mass is 79.9. The molecule has 0 fully saturated rings. The van der Waals surface area contributed by atoms with Crippen LogP contribution in [-0.2, 0) is 4.84 Å². The van der Waals surface area contributed by atoms with E-state index in [2.05, 4.69) is 48.5 Å². The number of hydrogen-bond acceptors (Lipinski definition) is 3. The van der Waals surface area contributed by atoms with Gasteiger partial charge in [0.05, 0.1) is 11.6 Å². The Labute approximate surface area is 168 Å². The number of amides is 2. The van der Waals surface area contributed by atoms with Gasteiger partial charge >= 0.3 is 6.03 Å². The smallest absolute Gasteiger partial charge is 0.302 e. The van der Waals surface area contributed by atoms with Crippen molar-refractivity contribution in [3.05, 3.63) is 23.9 Å². The van der Waals surface area contributed by atoms with E-state index in [-0.39, 0.29) is 22.9 Å². The van der Waals surface area contributed by atoms with E-state index in [0.29, 0.717) is 0 Å². The Kier molecular flexibility index (Phi) is 8.83. The van der Waals surface area contributed by atoms with Gasteiger partial charge in [-0.2, -0.15) is 5.06 Å². The van der Waals surface area contributed by atoms with E-state index in [0.717, 1.165) is 25.3 Å². The number of hydroxylamine groups is 2. The first-order chi connectivity index (χ1) is 12.0. The Bertz CT molecular complexity index is 522. The topological polar surface area (TPSA) is 36.0 Å². The van der Waals surface area contributed by atoms with Crippen LogP contribution in [0.3, 0.4) is 0 Å². The van der Waals surface area contributed by atoms with Crippen LogP contribution in [-0.4, -0.2) is 57.1 Å². The van der Waals surface area contributed by atoms with Crippen molar-refractivity contribution in [1.29, 1.82) is 0 Å². The Morgan fingerprint density at radius 3 is 2.31 bits per heavy atom. The van der Waals surface area contributed by atoms with E-state index in [9.17, 15) is 4.79 Å². The third-order valence-corrected chi connectivity index (χ3v) is 5.13. The van der Waals surface area contributed by atoms with Gasteiger partial charge < -0.3 is 4.90 Å². The molecule has 0 N–H and O–H groups in total. The first kappa shape index (κ1) is 23.2. The summed E-state index contributed by atoms with van der Waals surface area (Å²) in [4.78, 5) is 23.6. The van der Waals surface area contributed by atoms with Crippen molar-refractivity contribution >= 4 is 22.0 Å². The summed E-state index contributed by atoms with van der Waals surface area (Å²) in [5.41, 5.74) is 0.434. The average molecular weight is 430 g/mol. The van der Waals surface area contributed by atoms with Crippen LogP contribution < -0.4 is 0 Å². The predicted molar refractivity (Wildman–Crippen MR) is 112 cm³/mol. The molecule has 0 aromatic rings. The molecule has 150 valence electrons. The van der Waals surface area contributed by atoms with Crippen molar-refractivity contribution < 1.29 is 9.63 Å². The van der Waals surface area contributed by atoms with E-state index in [1.54, 1.807) is 9.96 Å². The van der Waals surface area contributed by atoms with E-state index in [1.165, 1.54) is 0 Å². The summed E-state index contributed by atoms with van der Waals surface area (Å²) in [6, 6.07) is -0.175. The third kappa shape index (κ3) is 6.39. The fourth-order valence-corrected chi connectivity index (χ4v) is 3.53. The molecule has 0 aliphatic carbocycles. The lowest BCUT2D eigenvalue weighted by atomic mass is 10.0. The number of likely N-dealkylation sites (N-methyl/N-ethyl adjacent to an activating group) is 1.